The van der Waals surface area contributed by atoms with Gasteiger partial charge in [-0.2, -0.15) is 0 Å². The standard InChI is InChI=1S/C16H17ClO3/c1-19-14-8-6-12(7-9-14)13(10-18)11-20-16-5-3-2-4-15(16)17/h2-9,13,18H,10-11H2,1H3. The van der Waals surface area contributed by atoms with Gasteiger partial charge in [0.05, 0.1) is 25.3 Å². The summed E-state index contributed by atoms with van der Waals surface area (Å²) in [5.41, 5.74) is 1.00. The van der Waals surface area contributed by atoms with Crippen LogP contribution in [0.3, 0.4) is 0 Å². The van der Waals surface area contributed by atoms with Crippen molar-refractivity contribution in [2.24, 2.45) is 0 Å². The van der Waals surface area contributed by atoms with Crippen molar-refractivity contribution in [1.29, 1.82) is 0 Å². The van der Waals surface area contributed by atoms with Crippen LogP contribution in [0.2, 0.25) is 5.02 Å². The Morgan fingerprint density at radius 3 is 2.40 bits per heavy atom. The van der Waals surface area contributed by atoms with Crippen molar-refractivity contribution in [2.75, 3.05) is 20.3 Å². The first-order valence-electron chi connectivity index (χ1n) is 6.36. The van der Waals surface area contributed by atoms with Gasteiger partial charge in [-0.3, -0.25) is 0 Å². The van der Waals surface area contributed by atoms with Crippen LogP contribution in [0.1, 0.15) is 11.5 Å². The Morgan fingerprint density at radius 2 is 1.80 bits per heavy atom. The number of aliphatic hydroxyl groups excluding tert-OH is 1. The van der Waals surface area contributed by atoms with Gasteiger partial charge in [-0.15, -0.1) is 0 Å². The molecule has 0 aliphatic rings. The number of hydrogen-bond donors (Lipinski definition) is 1. The Balaban J connectivity index is 2.03. The molecule has 0 fully saturated rings. The maximum atomic E-state index is 9.51. The quantitative estimate of drug-likeness (QED) is 0.885. The molecule has 4 heteroatoms. The number of para-hydroxylation sites is 1. The fourth-order valence-electron chi connectivity index (χ4n) is 1.88. The van der Waals surface area contributed by atoms with Crippen LogP contribution in [0.25, 0.3) is 0 Å². The zero-order valence-electron chi connectivity index (χ0n) is 11.3. The summed E-state index contributed by atoms with van der Waals surface area (Å²) in [4.78, 5) is 0. The third-order valence-electron chi connectivity index (χ3n) is 3.08. The highest BCUT2D eigenvalue weighted by atomic mass is 35.5. The minimum Gasteiger partial charge on any atom is -0.497 e. The fraction of sp³-hybridized carbons (Fsp3) is 0.250. The van der Waals surface area contributed by atoms with Gasteiger partial charge < -0.3 is 14.6 Å². The van der Waals surface area contributed by atoms with Gasteiger partial charge in [-0.1, -0.05) is 35.9 Å². The maximum absolute atomic E-state index is 9.51. The monoisotopic (exact) mass is 292 g/mol. The highest BCUT2D eigenvalue weighted by Crippen LogP contribution is 2.25. The molecule has 0 amide bonds. The Kier molecular flexibility index (Phi) is 5.27. The van der Waals surface area contributed by atoms with E-state index in [9.17, 15) is 5.11 Å². The molecule has 0 bridgehead atoms. The molecule has 20 heavy (non-hydrogen) atoms. The number of halogens is 1. The third-order valence-corrected chi connectivity index (χ3v) is 3.40. The fourth-order valence-corrected chi connectivity index (χ4v) is 2.07. The topological polar surface area (TPSA) is 38.7 Å². The lowest BCUT2D eigenvalue weighted by Gasteiger charge is -2.16. The summed E-state index contributed by atoms with van der Waals surface area (Å²) in [7, 11) is 1.62. The minimum atomic E-state index is -0.0998. The molecular formula is C16H17ClO3. The van der Waals surface area contributed by atoms with Crippen LogP contribution in [-0.4, -0.2) is 25.4 Å². The molecule has 0 aliphatic carbocycles. The molecule has 0 aliphatic heterocycles. The molecule has 0 aromatic heterocycles. The van der Waals surface area contributed by atoms with E-state index in [0.717, 1.165) is 11.3 Å². The largest absolute Gasteiger partial charge is 0.497 e. The Morgan fingerprint density at radius 1 is 1.10 bits per heavy atom. The average Bonchev–Trinajstić information content (AvgIpc) is 2.50. The molecule has 0 saturated heterocycles. The second-order valence-electron chi connectivity index (χ2n) is 4.39. The summed E-state index contributed by atoms with van der Waals surface area (Å²) in [5.74, 6) is 1.32. The van der Waals surface area contributed by atoms with Gasteiger partial charge in [0.2, 0.25) is 0 Å². The molecular weight excluding hydrogens is 276 g/mol. The molecule has 1 N–H and O–H groups in total. The summed E-state index contributed by atoms with van der Waals surface area (Å²) in [6, 6.07) is 14.9. The van der Waals surface area contributed by atoms with Crippen LogP contribution in [0.15, 0.2) is 48.5 Å². The first-order chi connectivity index (χ1) is 9.74. The van der Waals surface area contributed by atoms with Crippen molar-refractivity contribution in [1.82, 2.24) is 0 Å². The molecule has 1 unspecified atom stereocenters. The van der Waals surface area contributed by atoms with E-state index in [2.05, 4.69) is 0 Å². The molecule has 106 valence electrons. The minimum absolute atomic E-state index is 0.0107. The second kappa shape index (κ2) is 7.17. The van der Waals surface area contributed by atoms with Crippen LogP contribution in [0.4, 0.5) is 0 Å². The summed E-state index contributed by atoms with van der Waals surface area (Å²) in [6.45, 7) is 0.378. The van der Waals surface area contributed by atoms with E-state index in [0.29, 0.717) is 17.4 Å². The molecule has 1 atom stereocenters. The molecule has 0 radical (unpaired) electrons. The summed E-state index contributed by atoms with van der Waals surface area (Å²) < 4.78 is 10.8. The smallest absolute Gasteiger partial charge is 0.137 e. The van der Waals surface area contributed by atoms with E-state index in [1.807, 2.05) is 42.5 Å². The van der Waals surface area contributed by atoms with E-state index >= 15 is 0 Å². The zero-order chi connectivity index (χ0) is 14.4. The van der Waals surface area contributed by atoms with Gasteiger partial charge >= 0.3 is 0 Å². The molecule has 2 aromatic carbocycles. The second-order valence-corrected chi connectivity index (χ2v) is 4.80. The van der Waals surface area contributed by atoms with Crippen LogP contribution in [0.5, 0.6) is 11.5 Å². The lowest BCUT2D eigenvalue weighted by atomic mass is 10.0. The van der Waals surface area contributed by atoms with Crippen molar-refractivity contribution < 1.29 is 14.6 Å². The molecule has 2 aromatic rings. The maximum Gasteiger partial charge on any atom is 0.137 e. The van der Waals surface area contributed by atoms with E-state index < -0.39 is 0 Å². The Labute approximate surface area is 123 Å². The van der Waals surface area contributed by atoms with Gasteiger partial charge in [-0.05, 0) is 29.8 Å². The summed E-state index contributed by atoms with van der Waals surface area (Å²) >= 11 is 6.03. The summed E-state index contributed by atoms with van der Waals surface area (Å²) in [5, 5.41) is 10.1. The van der Waals surface area contributed by atoms with E-state index in [1.165, 1.54) is 0 Å². The van der Waals surface area contributed by atoms with E-state index in [4.69, 9.17) is 21.1 Å². The van der Waals surface area contributed by atoms with Crippen LogP contribution >= 0.6 is 11.6 Å². The van der Waals surface area contributed by atoms with Crippen molar-refractivity contribution in [3.05, 3.63) is 59.1 Å². The van der Waals surface area contributed by atoms with Crippen LogP contribution < -0.4 is 9.47 Å². The van der Waals surface area contributed by atoms with Crippen molar-refractivity contribution in [3.63, 3.8) is 0 Å². The number of aliphatic hydroxyl groups is 1. The van der Waals surface area contributed by atoms with Crippen LogP contribution in [-0.2, 0) is 0 Å². The molecule has 3 nitrogen and oxygen atoms in total. The van der Waals surface area contributed by atoms with Crippen molar-refractivity contribution in [3.8, 4) is 11.5 Å². The molecule has 0 heterocycles. The predicted molar refractivity (Wildman–Crippen MR) is 79.8 cm³/mol. The first-order valence-corrected chi connectivity index (χ1v) is 6.74. The van der Waals surface area contributed by atoms with E-state index in [-0.39, 0.29) is 12.5 Å². The van der Waals surface area contributed by atoms with E-state index in [1.54, 1.807) is 13.2 Å². The number of rotatable bonds is 6. The first kappa shape index (κ1) is 14.7. The zero-order valence-corrected chi connectivity index (χ0v) is 12.0. The van der Waals surface area contributed by atoms with Gasteiger partial charge in [0.25, 0.3) is 0 Å². The number of benzene rings is 2. The number of hydrogen-bond acceptors (Lipinski definition) is 3. The number of methoxy groups -OCH3 is 1. The predicted octanol–water partition coefficient (Wildman–Crippen LogP) is 3.50. The molecule has 2 rings (SSSR count). The average molecular weight is 293 g/mol. The molecule has 0 saturated carbocycles. The van der Waals surface area contributed by atoms with Gasteiger partial charge in [-0.25, -0.2) is 0 Å². The van der Waals surface area contributed by atoms with Crippen LogP contribution in [0, 0.1) is 0 Å². The number of ether oxygens (including phenoxy) is 2. The summed E-state index contributed by atoms with van der Waals surface area (Å²) in [6.07, 6.45) is 0. The van der Waals surface area contributed by atoms with Crippen molar-refractivity contribution in [2.45, 2.75) is 5.92 Å². The normalized spacial score (nSPS) is 11.9. The highest BCUT2D eigenvalue weighted by Gasteiger charge is 2.12. The SMILES string of the molecule is COc1ccc(C(CO)COc2ccccc2Cl)cc1. The van der Waals surface area contributed by atoms with Gasteiger partial charge in [0.15, 0.2) is 0 Å². The Bertz CT molecular complexity index is 540. The molecule has 0 spiro atoms. The van der Waals surface area contributed by atoms with Gasteiger partial charge in [0.1, 0.15) is 11.5 Å². The van der Waals surface area contributed by atoms with Gasteiger partial charge in [0, 0.05) is 5.92 Å². The highest BCUT2D eigenvalue weighted by molar-refractivity contribution is 6.32. The third kappa shape index (κ3) is 3.65. The van der Waals surface area contributed by atoms with Crippen molar-refractivity contribution >= 4 is 11.6 Å². The lowest BCUT2D eigenvalue weighted by molar-refractivity contribution is 0.205. The lowest BCUT2D eigenvalue weighted by Crippen LogP contribution is -2.14. The Hall–Kier alpha value is -1.71.